The summed E-state index contributed by atoms with van der Waals surface area (Å²) in [6, 6.07) is 4.19. The molecule has 1 amide bonds. The van der Waals surface area contributed by atoms with Crippen molar-refractivity contribution >= 4 is 43.8 Å². The van der Waals surface area contributed by atoms with E-state index in [0.29, 0.717) is 10.9 Å². The SMILES string of the molecule is COc1ccc(S(=O)(=O)CCC(=O)Nc2nccs2)cc1Cl. The largest absolute Gasteiger partial charge is 0.495 e. The summed E-state index contributed by atoms with van der Waals surface area (Å²) in [7, 11) is -2.16. The highest BCUT2D eigenvalue weighted by Gasteiger charge is 2.18. The Labute approximate surface area is 137 Å². The quantitative estimate of drug-likeness (QED) is 0.855. The van der Waals surface area contributed by atoms with Crippen molar-refractivity contribution in [1.82, 2.24) is 4.98 Å². The van der Waals surface area contributed by atoms with E-state index in [0.717, 1.165) is 0 Å². The van der Waals surface area contributed by atoms with Gasteiger partial charge in [-0.1, -0.05) is 11.6 Å². The van der Waals surface area contributed by atoms with Gasteiger partial charge in [0.2, 0.25) is 5.91 Å². The summed E-state index contributed by atoms with van der Waals surface area (Å²) in [6.45, 7) is 0. The number of nitrogens with zero attached hydrogens (tertiary/aromatic N) is 1. The Morgan fingerprint density at radius 2 is 2.23 bits per heavy atom. The van der Waals surface area contributed by atoms with Crippen molar-refractivity contribution in [3.05, 3.63) is 34.8 Å². The van der Waals surface area contributed by atoms with E-state index in [4.69, 9.17) is 16.3 Å². The highest BCUT2D eigenvalue weighted by Crippen LogP contribution is 2.27. The van der Waals surface area contributed by atoms with Crippen LogP contribution in [0.4, 0.5) is 5.13 Å². The third kappa shape index (κ3) is 4.19. The van der Waals surface area contributed by atoms with E-state index in [-0.39, 0.29) is 22.1 Å². The second kappa shape index (κ2) is 7.08. The molecule has 2 aromatic rings. The standard InChI is InChI=1S/C13H13ClN2O4S2/c1-20-11-3-2-9(8-10(11)14)22(18,19)7-4-12(17)16-13-15-5-6-21-13/h2-3,5-6,8H,4,7H2,1H3,(H,15,16,17). The molecule has 1 aromatic carbocycles. The van der Waals surface area contributed by atoms with Gasteiger partial charge in [0.25, 0.3) is 0 Å². The Kier molecular flexibility index (Phi) is 5.38. The molecule has 6 nitrogen and oxygen atoms in total. The van der Waals surface area contributed by atoms with Gasteiger partial charge in [-0.3, -0.25) is 4.79 Å². The molecule has 0 aliphatic rings. The molecule has 0 spiro atoms. The first-order chi connectivity index (χ1) is 10.4. The van der Waals surface area contributed by atoms with Crippen molar-refractivity contribution < 1.29 is 17.9 Å². The average Bonchev–Trinajstić information content (AvgIpc) is 2.98. The summed E-state index contributed by atoms with van der Waals surface area (Å²) >= 11 is 7.18. The topological polar surface area (TPSA) is 85.4 Å². The molecule has 0 aliphatic carbocycles. The van der Waals surface area contributed by atoms with Crippen LogP contribution in [0.15, 0.2) is 34.7 Å². The summed E-state index contributed by atoms with van der Waals surface area (Å²) in [6.07, 6.45) is 1.39. The van der Waals surface area contributed by atoms with Crippen LogP contribution in [-0.4, -0.2) is 32.2 Å². The zero-order valence-electron chi connectivity index (χ0n) is 11.6. The predicted octanol–water partition coefficient (Wildman–Crippen LogP) is 2.61. The number of rotatable bonds is 6. The molecule has 22 heavy (non-hydrogen) atoms. The number of sulfone groups is 1. The van der Waals surface area contributed by atoms with E-state index in [1.54, 1.807) is 11.6 Å². The number of benzene rings is 1. The Hall–Kier alpha value is -1.64. The van der Waals surface area contributed by atoms with Crippen LogP contribution < -0.4 is 10.1 Å². The van der Waals surface area contributed by atoms with Crippen LogP contribution in [0.5, 0.6) is 5.75 Å². The van der Waals surface area contributed by atoms with Crippen LogP contribution >= 0.6 is 22.9 Å². The Morgan fingerprint density at radius 1 is 1.45 bits per heavy atom. The molecule has 0 fully saturated rings. The predicted molar refractivity (Wildman–Crippen MR) is 85.4 cm³/mol. The summed E-state index contributed by atoms with van der Waals surface area (Å²) in [5.74, 6) is -0.326. The first kappa shape index (κ1) is 16.7. The number of ether oxygens (including phenoxy) is 1. The number of carbonyl (C=O) groups is 1. The van der Waals surface area contributed by atoms with Gasteiger partial charge in [-0.25, -0.2) is 13.4 Å². The lowest BCUT2D eigenvalue weighted by Crippen LogP contribution is -2.17. The molecule has 1 aromatic heterocycles. The van der Waals surface area contributed by atoms with Crippen molar-refractivity contribution in [2.45, 2.75) is 11.3 Å². The average molecular weight is 361 g/mol. The maximum absolute atomic E-state index is 12.2. The lowest BCUT2D eigenvalue weighted by Gasteiger charge is -2.07. The number of hydrogen-bond donors (Lipinski definition) is 1. The van der Waals surface area contributed by atoms with E-state index in [2.05, 4.69) is 10.3 Å². The second-order valence-corrected chi connectivity index (χ2v) is 7.66. The second-order valence-electron chi connectivity index (χ2n) is 4.25. The van der Waals surface area contributed by atoms with Gasteiger partial charge >= 0.3 is 0 Å². The smallest absolute Gasteiger partial charge is 0.227 e. The molecular formula is C13H13ClN2O4S2. The number of anilines is 1. The molecule has 118 valence electrons. The van der Waals surface area contributed by atoms with Crippen molar-refractivity contribution in [2.75, 3.05) is 18.2 Å². The van der Waals surface area contributed by atoms with Gasteiger partial charge in [-0.05, 0) is 18.2 Å². The number of thiazole rings is 1. The molecule has 1 N–H and O–H groups in total. The summed E-state index contributed by atoms with van der Waals surface area (Å²) in [5.41, 5.74) is 0. The van der Waals surface area contributed by atoms with Gasteiger partial charge in [0.1, 0.15) is 5.75 Å². The minimum Gasteiger partial charge on any atom is -0.495 e. The normalized spacial score (nSPS) is 11.2. The van der Waals surface area contributed by atoms with Crippen LogP contribution in [0.25, 0.3) is 0 Å². The molecule has 0 atom stereocenters. The van der Waals surface area contributed by atoms with Crippen LogP contribution in [0.1, 0.15) is 6.42 Å². The molecule has 1 heterocycles. The monoisotopic (exact) mass is 360 g/mol. The molecular weight excluding hydrogens is 348 g/mol. The minimum absolute atomic E-state index is 0.0559. The number of aromatic nitrogens is 1. The maximum Gasteiger partial charge on any atom is 0.227 e. The van der Waals surface area contributed by atoms with Crippen molar-refractivity contribution in [3.8, 4) is 5.75 Å². The first-order valence-electron chi connectivity index (χ1n) is 6.18. The van der Waals surface area contributed by atoms with E-state index in [1.807, 2.05) is 0 Å². The van der Waals surface area contributed by atoms with E-state index in [9.17, 15) is 13.2 Å². The van der Waals surface area contributed by atoms with Crippen molar-refractivity contribution in [3.63, 3.8) is 0 Å². The fourth-order valence-corrected chi connectivity index (χ4v) is 3.78. The van der Waals surface area contributed by atoms with E-state index in [1.165, 1.54) is 36.6 Å². The van der Waals surface area contributed by atoms with Gasteiger partial charge in [0.05, 0.1) is 22.8 Å². The van der Waals surface area contributed by atoms with Crippen LogP contribution in [-0.2, 0) is 14.6 Å². The molecule has 0 aliphatic heterocycles. The molecule has 9 heteroatoms. The molecule has 0 radical (unpaired) electrons. The zero-order chi connectivity index (χ0) is 16.2. The van der Waals surface area contributed by atoms with Gasteiger partial charge in [0, 0.05) is 18.0 Å². The molecule has 0 unspecified atom stereocenters. The van der Waals surface area contributed by atoms with Gasteiger partial charge in [0.15, 0.2) is 15.0 Å². The Morgan fingerprint density at radius 3 is 2.82 bits per heavy atom. The van der Waals surface area contributed by atoms with Crippen molar-refractivity contribution in [1.29, 1.82) is 0 Å². The number of nitrogens with one attached hydrogen (secondary N) is 1. The van der Waals surface area contributed by atoms with E-state index < -0.39 is 15.7 Å². The zero-order valence-corrected chi connectivity index (χ0v) is 14.0. The molecule has 0 saturated heterocycles. The third-order valence-electron chi connectivity index (χ3n) is 2.76. The number of carbonyl (C=O) groups excluding carboxylic acids is 1. The van der Waals surface area contributed by atoms with Gasteiger partial charge < -0.3 is 10.1 Å². The van der Waals surface area contributed by atoms with Crippen LogP contribution in [0, 0.1) is 0 Å². The summed E-state index contributed by atoms with van der Waals surface area (Å²) in [4.78, 5) is 15.7. The Bertz CT molecular complexity index is 760. The highest BCUT2D eigenvalue weighted by atomic mass is 35.5. The van der Waals surface area contributed by atoms with Crippen LogP contribution in [0.3, 0.4) is 0 Å². The fraction of sp³-hybridized carbons (Fsp3) is 0.231. The number of amides is 1. The minimum atomic E-state index is -3.60. The number of hydrogen-bond acceptors (Lipinski definition) is 6. The van der Waals surface area contributed by atoms with E-state index >= 15 is 0 Å². The lowest BCUT2D eigenvalue weighted by molar-refractivity contribution is -0.115. The first-order valence-corrected chi connectivity index (χ1v) is 9.09. The Balaban J connectivity index is 2.01. The number of methoxy groups -OCH3 is 1. The summed E-state index contributed by atoms with van der Waals surface area (Å²) < 4.78 is 29.4. The highest BCUT2D eigenvalue weighted by molar-refractivity contribution is 7.91. The third-order valence-corrected chi connectivity index (χ3v) is 5.46. The fourth-order valence-electron chi connectivity index (χ4n) is 1.65. The molecule has 2 rings (SSSR count). The van der Waals surface area contributed by atoms with Gasteiger partial charge in [-0.15, -0.1) is 11.3 Å². The molecule has 0 bridgehead atoms. The lowest BCUT2D eigenvalue weighted by atomic mass is 10.3. The summed E-state index contributed by atoms with van der Waals surface area (Å²) in [5, 5.41) is 4.89. The van der Waals surface area contributed by atoms with Crippen molar-refractivity contribution in [2.24, 2.45) is 0 Å². The maximum atomic E-state index is 12.2. The van der Waals surface area contributed by atoms with Crippen LogP contribution in [0.2, 0.25) is 5.02 Å². The number of halogens is 1. The molecule has 0 saturated carbocycles. The van der Waals surface area contributed by atoms with Gasteiger partial charge in [-0.2, -0.15) is 0 Å².